The number of hydrogen-bond donors (Lipinski definition) is 1. The summed E-state index contributed by atoms with van der Waals surface area (Å²) in [5, 5.41) is 10.7. The lowest BCUT2D eigenvalue weighted by atomic mass is 9.79. The molecule has 0 unspecified atom stereocenters. The van der Waals surface area contributed by atoms with E-state index >= 15 is 0 Å². The quantitative estimate of drug-likeness (QED) is 0.926. The fraction of sp³-hybridized carbons (Fsp3) is 0.733. The molecule has 1 aliphatic heterocycles. The molecule has 0 radical (unpaired) electrons. The van der Waals surface area contributed by atoms with Gasteiger partial charge in [0.2, 0.25) is 0 Å². The van der Waals surface area contributed by atoms with Crippen LogP contribution in [-0.2, 0) is 22.3 Å². The summed E-state index contributed by atoms with van der Waals surface area (Å²) in [5.41, 5.74) is -0.573. The van der Waals surface area contributed by atoms with Crippen LogP contribution in [0.25, 0.3) is 0 Å². The van der Waals surface area contributed by atoms with Gasteiger partial charge in [-0.3, -0.25) is 0 Å². The van der Waals surface area contributed by atoms with E-state index in [-0.39, 0.29) is 5.79 Å². The molecular weight excluding hydrogens is 260 g/mol. The number of thiophene rings is 1. The van der Waals surface area contributed by atoms with E-state index in [9.17, 15) is 5.11 Å². The molecule has 0 amide bonds. The Hall–Kier alpha value is -0.420. The van der Waals surface area contributed by atoms with Crippen LogP contribution in [-0.4, -0.2) is 29.7 Å². The van der Waals surface area contributed by atoms with Gasteiger partial charge in [0.1, 0.15) is 0 Å². The van der Waals surface area contributed by atoms with Gasteiger partial charge < -0.3 is 14.6 Å². The number of aliphatic hydroxyl groups is 1. The lowest BCUT2D eigenvalue weighted by Gasteiger charge is -2.40. The molecule has 3 nitrogen and oxygen atoms in total. The highest BCUT2D eigenvalue weighted by atomic mass is 32.1. The van der Waals surface area contributed by atoms with E-state index in [1.807, 2.05) is 11.3 Å². The minimum absolute atomic E-state index is 0.379. The Kier molecular flexibility index (Phi) is 3.69. The number of aryl methyl sites for hydroxylation is 1. The average molecular weight is 282 g/mol. The van der Waals surface area contributed by atoms with Gasteiger partial charge in [0.05, 0.1) is 18.8 Å². The van der Waals surface area contributed by atoms with Gasteiger partial charge in [-0.25, -0.2) is 0 Å². The second-order valence-electron chi connectivity index (χ2n) is 5.73. The first-order valence-corrected chi connectivity index (χ1v) is 8.03. The zero-order chi connectivity index (χ0) is 13.3. The van der Waals surface area contributed by atoms with Gasteiger partial charge in [-0.05, 0) is 31.4 Å². The summed E-state index contributed by atoms with van der Waals surface area (Å²) in [6.45, 7) is 3.57. The van der Waals surface area contributed by atoms with E-state index in [4.69, 9.17) is 9.47 Å². The smallest absolute Gasteiger partial charge is 0.168 e. The van der Waals surface area contributed by atoms with Crippen LogP contribution in [0.2, 0.25) is 0 Å². The second kappa shape index (κ2) is 5.17. The van der Waals surface area contributed by atoms with Crippen LogP contribution in [0, 0.1) is 0 Å². The van der Waals surface area contributed by atoms with Crippen LogP contribution in [0.5, 0.6) is 0 Å². The molecular formula is C15H22O3S. The summed E-state index contributed by atoms with van der Waals surface area (Å²) >= 11 is 1.83. The first kappa shape index (κ1) is 13.6. The zero-order valence-electron chi connectivity index (χ0n) is 11.5. The standard InChI is InChI=1S/C15H22O3S/c1-2-12-3-4-13(19-12)11-14(16)5-7-15(8-6-14)17-9-10-18-15/h3-4,16H,2,5-11H2,1H3. The van der Waals surface area contributed by atoms with Crippen LogP contribution in [0.4, 0.5) is 0 Å². The molecule has 1 N–H and O–H groups in total. The van der Waals surface area contributed by atoms with Gasteiger partial charge in [-0.1, -0.05) is 6.92 Å². The van der Waals surface area contributed by atoms with Crippen molar-refractivity contribution in [2.75, 3.05) is 13.2 Å². The van der Waals surface area contributed by atoms with Crippen molar-refractivity contribution in [3.63, 3.8) is 0 Å². The van der Waals surface area contributed by atoms with Crippen molar-refractivity contribution in [3.8, 4) is 0 Å². The first-order valence-electron chi connectivity index (χ1n) is 7.21. The Morgan fingerprint density at radius 1 is 1.11 bits per heavy atom. The maximum Gasteiger partial charge on any atom is 0.168 e. The number of hydrogen-bond acceptors (Lipinski definition) is 4. The van der Waals surface area contributed by atoms with Crippen LogP contribution >= 0.6 is 11.3 Å². The Labute approximate surface area is 118 Å². The van der Waals surface area contributed by atoms with Gasteiger partial charge >= 0.3 is 0 Å². The highest BCUT2D eigenvalue weighted by molar-refractivity contribution is 7.12. The van der Waals surface area contributed by atoms with Crippen molar-refractivity contribution in [2.24, 2.45) is 0 Å². The Bertz CT molecular complexity index is 424. The Balaban J connectivity index is 1.62. The average Bonchev–Trinajstić information content (AvgIpc) is 3.04. The molecule has 2 fully saturated rings. The fourth-order valence-electron chi connectivity index (χ4n) is 3.09. The Morgan fingerprint density at radius 3 is 2.32 bits per heavy atom. The third-order valence-corrected chi connectivity index (χ3v) is 5.55. The maximum absolute atomic E-state index is 10.7. The first-order chi connectivity index (χ1) is 9.13. The summed E-state index contributed by atoms with van der Waals surface area (Å²) in [6.07, 6.45) is 5.02. The van der Waals surface area contributed by atoms with Crippen LogP contribution in [0.3, 0.4) is 0 Å². The third-order valence-electron chi connectivity index (χ3n) is 4.33. The van der Waals surface area contributed by atoms with E-state index in [1.165, 1.54) is 9.75 Å². The second-order valence-corrected chi connectivity index (χ2v) is 6.98. The zero-order valence-corrected chi connectivity index (χ0v) is 12.3. The predicted octanol–water partition coefficient (Wildman–Crippen LogP) is 2.90. The topological polar surface area (TPSA) is 38.7 Å². The molecule has 1 spiro atoms. The van der Waals surface area contributed by atoms with Crippen LogP contribution in [0.15, 0.2) is 12.1 Å². The number of rotatable bonds is 3. The van der Waals surface area contributed by atoms with Gasteiger partial charge in [-0.2, -0.15) is 0 Å². The summed E-state index contributed by atoms with van der Waals surface area (Å²) < 4.78 is 11.4. The molecule has 2 heterocycles. The minimum atomic E-state index is -0.573. The van der Waals surface area contributed by atoms with Gasteiger partial charge in [-0.15, -0.1) is 11.3 Å². The molecule has 1 saturated heterocycles. The number of ether oxygens (including phenoxy) is 2. The Morgan fingerprint density at radius 2 is 1.74 bits per heavy atom. The van der Waals surface area contributed by atoms with Gasteiger partial charge in [0, 0.05) is 29.0 Å². The minimum Gasteiger partial charge on any atom is -0.390 e. The van der Waals surface area contributed by atoms with E-state index in [0.717, 1.165) is 38.5 Å². The maximum atomic E-state index is 10.7. The highest BCUT2D eigenvalue weighted by Gasteiger charge is 2.45. The van der Waals surface area contributed by atoms with Crippen molar-refractivity contribution < 1.29 is 14.6 Å². The molecule has 19 heavy (non-hydrogen) atoms. The van der Waals surface area contributed by atoms with Crippen molar-refractivity contribution in [2.45, 2.75) is 56.8 Å². The van der Waals surface area contributed by atoms with Crippen molar-refractivity contribution >= 4 is 11.3 Å². The SMILES string of the molecule is CCc1ccc(CC2(O)CCC3(CC2)OCCO3)s1. The van der Waals surface area contributed by atoms with Crippen molar-refractivity contribution in [1.82, 2.24) is 0 Å². The third kappa shape index (κ3) is 2.87. The van der Waals surface area contributed by atoms with Gasteiger partial charge in [0.25, 0.3) is 0 Å². The molecule has 1 aromatic heterocycles. The van der Waals surface area contributed by atoms with E-state index in [2.05, 4.69) is 19.1 Å². The molecule has 2 aliphatic rings. The molecule has 0 aromatic carbocycles. The largest absolute Gasteiger partial charge is 0.390 e. The van der Waals surface area contributed by atoms with E-state index < -0.39 is 5.60 Å². The van der Waals surface area contributed by atoms with E-state index in [0.29, 0.717) is 13.2 Å². The molecule has 1 aliphatic carbocycles. The summed E-state index contributed by atoms with van der Waals surface area (Å²) in [6, 6.07) is 4.34. The van der Waals surface area contributed by atoms with Gasteiger partial charge in [0.15, 0.2) is 5.79 Å². The van der Waals surface area contributed by atoms with Crippen LogP contribution < -0.4 is 0 Å². The predicted molar refractivity (Wildman–Crippen MR) is 75.5 cm³/mol. The molecule has 1 aromatic rings. The molecule has 3 rings (SSSR count). The lowest BCUT2D eigenvalue weighted by molar-refractivity contribution is -0.202. The normalized spacial score (nSPS) is 24.9. The summed E-state index contributed by atoms with van der Waals surface area (Å²) in [7, 11) is 0. The molecule has 0 atom stereocenters. The molecule has 4 heteroatoms. The monoisotopic (exact) mass is 282 g/mol. The van der Waals surface area contributed by atoms with Crippen molar-refractivity contribution in [1.29, 1.82) is 0 Å². The summed E-state index contributed by atoms with van der Waals surface area (Å²) in [5.74, 6) is -0.379. The molecule has 106 valence electrons. The lowest BCUT2D eigenvalue weighted by Crippen LogP contribution is -2.44. The van der Waals surface area contributed by atoms with E-state index in [1.54, 1.807) is 0 Å². The highest BCUT2D eigenvalue weighted by Crippen LogP contribution is 2.42. The molecule has 0 bridgehead atoms. The molecule has 1 saturated carbocycles. The van der Waals surface area contributed by atoms with Crippen molar-refractivity contribution in [3.05, 3.63) is 21.9 Å². The van der Waals surface area contributed by atoms with Crippen LogP contribution in [0.1, 0.15) is 42.4 Å². The fourth-order valence-corrected chi connectivity index (χ4v) is 4.18. The summed E-state index contributed by atoms with van der Waals surface area (Å²) in [4.78, 5) is 2.69.